The molecule has 0 aliphatic carbocycles. The number of aliphatic hydroxyl groups is 1. The number of aliphatic hydroxyl groups excluding tert-OH is 1. The summed E-state index contributed by atoms with van der Waals surface area (Å²) in [6.45, 7) is 2.48. The molecule has 9 heteroatoms. The Morgan fingerprint density at radius 3 is 2.70 bits per heavy atom. The number of likely N-dealkylation sites (N-methyl/N-ethyl adjacent to an activating group) is 1. The van der Waals surface area contributed by atoms with Gasteiger partial charge in [0.2, 0.25) is 11.9 Å². The minimum Gasteiger partial charge on any atom is -0.393 e. The molecule has 1 atom stereocenters. The van der Waals surface area contributed by atoms with Gasteiger partial charge >= 0.3 is 0 Å². The Morgan fingerprint density at radius 1 is 1.12 bits per heavy atom. The van der Waals surface area contributed by atoms with E-state index in [-0.39, 0.29) is 12.5 Å². The molecule has 1 aliphatic rings. The van der Waals surface area contributed by atoms with Gasteiger partial charge < -0.3 is 30.7 Å². The molecule has 0 spiro atoms. The number of nitrogens with one attached hydrogen (secondary N) is 3. The van der Waals surface area contributed by atoms with Crippen LogP contribution in [0.25, 0.3) is 22.0 Å². The lowest BCUT2D eigenvalue weighted by molar-refractivity contribution is -0.111. The van der Waals surface area contributed by atoms with E-state index in [2.05, 4.69) is 20.9 Å². The molecule has 4 aromatic rings. The molecule has 1 fully saturated rings. The predicted octanol–water partition coefficient (Wildman–Crippen LogP) is 3.90. The number of benzene rings is 3. The van der Waals surface area contributed by atoms with Gasteiger partial charge in [0, 0.05) is 54.2 Å². The summed E-state index contributed by atoms with van der Waals surface area (Å²) in [5.41, 5.74) is 4.38. The zero-order valence-corrected chi connectivity index (χ0v) is 22.7. The van der Waals surface area contributed by atoms with Crippen molar-refractivity contribution in [3.63, 3.8) is 0 Å². The number of fused-ring (bicyclic) bond motifs is 1. The largest absolute Gasteiger partial charge is 0.393 e. The Balaban J connectivity index is 1.36. The third-order valence-corrected chi connectivity index (χ3v) is 6.78. The highest BCUT2D eigenvalue weighted by molar-refractivity contribution is 6.00. The number of rotatable bonds is 9. The first-order valence-electron chi connectivity index (χ1n) is 13.3. The average Bonchev–Trinajstić information content (AvgIpc) is 2.97. The molecular formula is C31H34N6O3. The van der Waals surface area contributed by atoms with Gasteiger partial charge in [0.1, 0.15) is 5.60 Å². The van der Waals surface area contributed by atoms with E-state index >= 15 is 0 Å². The number of nitrogens with zero attached hydrogens (tertiary/aromatic N) is 3. The second-order valence-corrected chi connectivity index (χ2v) is 10.1. The molecule has 5 rings (SSSR count). The molecular weight excluding hydrogens is 504 g/mol. The summed E-state index contributed by atoms with van der Waals surface area (Å²) in [6, 6.07) is 21.5. The summed E-state index contributed by atoms with van der Waals surface area (Å²) in [7, 11) is 3.91. The van der Waals surface area contributed by atoms with Crippen molar-refractivity contribution < 1.29 is 14.6 Å². The fraction of sp³-hybridized carbons (Fsp3) is 0.258. The molecule has 2 heterocycles. The number of aromatic nitrogens is 2. The van der Waals surface area contributed by atoms with E-state index in [1.807, 2.05) is 91.8 Å². The Morgan fingerprint density at radius 2 is 1.95 bits per heavy atom. The Hall–Kier alpha value is -4.15. The number of anilines is 3. The molecule has 1 aliphatic heterocycles. The van der Waals surface area contributed by atoms with E-state index in [1.165, 1.54) is 0 Å². The monoisotopic (exact) mass is 538 g/mol. The highest BCUT2D eigenvalue weighted by Crippen LogP contribution is 2.31. The molecule has 0 bridgehead atoms. The van der Waals surface area contributed by atoms with Crippen LogP contribution >= 0.6 is 0 Å². The van der Waals surface area contributed by atoms with Crippen molar-refractivity contribution in [2.75, 3.05) is 57.6 Å². The lowest BCUT2D eigenvalue weighted by Gasteiger charge is -2.36. The molecule has 1 unspecified atom stereocenters. The van der Waals surface area contributed by atoms with E-state index < -0.39 is 5.60 Å². The lowest BCUT2D eigenvalue weighted by atomic mass is 9.93. The zero-order chi connectivity index (χ0) is 28.0. The van der Waals surface area contributed by atoms with Crippen LogP contribution in [0.4, 0.5) is 17.3 Å². The Bertz CT molecular complexity index is 1500. The molecule has 1 saturated heterocycles. The van der Waals surface area contributed by atoms with Gasteiger partial charge in [-0.25, -0.2) is 9.97 Å². The molecule has 0 radical (unpaired) electrons. The van der Waals surface area contributed by atoms with Crippen molar-refractivity contribution in [1.29, 1.82) is 0 Å². The zero-order valence-electron chi connectivity index (χ0n) is 22.7. The topological polar surface area (TPSA) is 112 Å². The van der Waals surface area contributed by atoms with Crippen molar-refractivity contribution in [2.45, 2.75) is 5.60 Å². The molecule has 4 N–H and O–H groups in total. The van der Waals surface area contributed by atoms with Crippen LogP contribution in [0.1, 0.15) is 5.56 Å². The number of hydrogen-bond donors (Lipinski definition) is 4. The van der Waals surface area contributed by atoms with Gasteiger partial charge in [-0.2, -0.15) is 0 Å². The normalized spacial score (nSPS) is 17.4. The fourth-order valence-corrected chi connectivity index (χ4v) is 4.69. The van der Waals surface area contributed by atoms with Crippen molar-refractivity contribution in [3.8, 4) is 11.1 Å². The minimum atomic E-state index is -0.734. The second-order valence-electron chi connectivity index (χ2n) is 10.1. The summed E-state index contributed by atoms with van der Waals surface area (Å²) in [5.74, 6) is 0.295. The lowest BCUT2D eigenvalue weighted by Crippen LogP contribution is -2.49. The molecule has 9 nitrogen and oxygen atoms in total. The maximum Gasteiger partial charge on any atom is 0.248 e. The van der Waals surface area contributed by atoms with E-state index in [9.17, 15) is 9.90 Å². The van der Waals surface area contributed by atoms with Gasteiger partial charge in [-0.1, -0.05) is 48.5 Å². The summed E-state index contributed by atoms with van der Waals surface area (Å²) >= 11 is 0. The summed E-state index contributed by atoms with van der Waals surface area (Å²) in [4.78, 5) is 23.7. The average molecular weight is 539 g/mol. The standard InChI is InChI=1S/C31H34N6O3/c1-37(2)16-5-10-28(39)34-26-8-3-6-22(18-26)27-9-4-7-23-19-33-30(36-29(23)27)35-25-13-11-24(12-14-25)31(21-38)20-32-15-17-40-31/h3-14,18-19,32,38H,15-17,20-21H2,1-2H3,(H,34,39)(H,33,35,36)/b10-5+. The van der Waals surface area contributed by atoms with Crippen LogP contribution in [-0.4, -0.2) is 72.8 Å². The SMILES string of the molecule is CN(C)C/C=C/C(=O)Nc1cccc(-c2cccc3cnc(Nc4ccc(C5(CO)CNCCO5)cc4)nc23)c1. The van der Waals surface area contributed by atoms with Crippen LogP contribution < -0.4 is 16.0 Å². The maximum absolute atomic E-state index is 12.4. The third-order valence-electron chi connectivity index (χ3n) is 6.78. The number of carbonyl (C=O) groups excluding carboxylic acids is 1. The second kappa shape index (κ2) is 12.4. The molecule has 40 heavy (non-hydrogen) atoms. The van der Waals surface area contributed by atoms with Crippen molar-refractivity contribution in [3.05, 3.63) is 90.6 Å². The van der Waals surface area contributed by atoms with Crippen molar-refractivity contribution >= 4 is 34.1 Å². The highest BCUT2D eigenvalue weighted by Gasteiger charge is 2.34. The molecule has 206 valence electrons. The van der Waals surface area contributed by atoms with Crippen LogP contribution in [0.5, 0.6) is 0 Å². The molecule has 3 aromatic carbocycles. The minimum absolute atomic E-state index is 0.0959. The maximum atomic E-state index is 12.4. The Labute approximate surface area is 233 Å². The van der Waals surface area contributed by atoms with E-state index in [1.54, 1.807) is 12.3 Å². The van der Waals surface area contributed by atoms with Gasteiger partial charge in [0.25, 0.3) is 0 Å². The fourth-order valence-electron chi connectivity index (χ4n) is 4.69. The van der Waals surface area contributed by atoms with Crippen LogP contribution in [0, 0.1) is 0 Å². The first kappa shape index (κ1) is 27.4. The van der Waals surface area contributed by atoms with Gasteiger partial charge in [-0.05, 0) is 49.5 Å². The number of ether oxygens (including phenoxy) is 1. The van der Waals surface area contributed by atoms with Gasteiger partial charge in [0.05, 0.1) is 18.7 Å². The molecule has 0 saturated carbocycles. The van der Waals surface area contributed by atoms with Gasteiger partial charge in [-0.3, -0.25) is 4.79 Å². The van der Waals surface area contributed by atoms with Crippen molar-refractivity contribution in [2.24, 2.45) is 0 Å². The van der Waals surface area contributed by atoms with E-state index in [4.69, 9.17) is 9.72 Å². The van der Waals surface area contributed by atoms with Crippen LogP contribution in [-0.2, 0) is 15.1 Å². The van der Waals surface area contributed by atoms with Crippen molar-refractivity contribution in [1.82, 2.24) is 20.2 Å². The van der Waals surface area contributed by atoms with E-state index in [0.29, 0.717) is 31.3 Å². The number of carbonyl (C=O) groups is 1. The quantitative estimate of drug-likeness (QED) is 0.238. The van der Waals surface area contributed by atoms with Crippen LogP contribution in [0.3, 0.4) is 0 Å². The van der Waals surface area contributed by atoms with Gasteiger partial charge in [-0.15, -0.1) is 0 Å². The Kier molecular flexibility index (Phi) is 8.47. The molecule has 1 amide bonds. The summed E-state index contributed by atoms with van der Waals surface area (Å²) in [6.07, 6.45) is 5.17. The number of hydrogen-bond acceptors (Lipinski definition) is 8. The number of morpholine rings is 1. The molecule has 1 aromatic heterocycles. The summed E-state index contributed by atoms with van der Waals surface area (Å²) < 4.78 is 5.93. The van der Waals surface area contributed by atoms with Gasteiger partial charge in [0.15, 0.2) is 0 Å². The first-order valence-corrected chi connectivity index (χ1v) is 13.3. The summed E-state index contributed by atoms with van der Waals surface area (Å²) in [5, 5.41) is 20.4. The third kappa shape index (κ3) is 6.35. The van der Waals surface area contributed by atoms with Crippen LogP contribution in [0.2, 0.25) is 0 Å². The number of amides is 1. The highest BCUT2D eigenvalue weighted by atomic mass is 16.5. The smallest absolute Gasteiger partial charge is 0.248 e. The van der Waals surface area contributed by atoms with E-state index in [0.717, 1.165) is 39.8 Å². The van der Waals surface area contributed by atoms with Crippen LogP contribution in [0.15, 0.2) is 85.1 Å². The number of para-hydroxylation sites is 1. The predicted molar refractivity (Wildman–Crippen MR) is 159 cm³/mol. The first-order chi connectivity index (χ1) is 19.5.